The van der Waals surface area contributed by atoms with Crippen molar-refractivity contribution in [3.8, 4) is 5.75 Å². The van der Waals surface area contributed by atoms with Crippen LogP contribution in [0.5, 0.6) is 5.75 Å². The summed E-state index contributed by atoms with van der Waals surface area (Å²) in [5.74, 6) is 0.962. The number of ether oxygens (including phenoxy) is 2. The summed E-state index contributed by atoms with van der Waals surface area (Å²) < 4.78 is 11.2. The van der Waals surface area contributed by atoms with Crippen molar-refractivity contribution in [1.82, 2.24) is 5.32 Å². The molecule has 2 heterocycles. The lowest BCUT2D eigenvalue weighted by molar-refractivity contribution is -0.136. The zero-order chi connectivity index (χ0) is 14.7. The molecule has 2 aliphatic heterocycles. The summed E-state index contributed by atoms with van der Waals surface area (Å²) in [6.45, 7) is 2.11. The van der Waals surface area contributed by atoms with Gasteiger partial charge in [0.05, 0.1) is 12.0 Å². The van der Waals surface area contributed by atoms with Gasteiger partial charge in [-0.2, -0.15) is 0 Å². The smallest absolute Gasteiger partial charge is 0.227 e. The zero-order valence-electron chi connectivity index (χ0n) is 12.1. The second kappa shape index (κ2) is 6.03. The first-order chi connectivity index (χ1) is 10.2. The summed E-state index contributed by atoms with van der Waals surface area (Å²) in [7, 11) is 0. The highest BCUT2D eigenvalue weighted by Gasteiger charge is 2.39. The third-order valence-electron chi connectivity index (χ3n) is 4.53. The van der Waals surface area contributed by atoms with Crippen molar-refractivity contribution in [3.63, 3.8) is 0 Å². The van der Waals surface area contributed by atoms with E-state index in [-0.39, 0.29) is 12.0 Å². The van der Waals surface area contributed by atoms with Crippen molar-refractivity contribution in [2.24, 2.45) is 11.1 Å². The van der Waals surface area contributed by atoms with E-state index in [1.54, 1.807) is 0 Å². The Morgan fingerprint density at radius 1 is 1.33 bits per heavy atom. The van der Waals surface area contributed by atoms with Gasteiger partial charge in [-0.15, -0.1) is 0 Å². The van der Waals surface area contributed by atoms with E-state index in [9.17, 15) is 4.79 Å². The van der Waals surface area contributed by atoms with Gasteiger partial charge in [0, 0.05) is 26.2 Å². The fourth-order valence-corrected chi connectivity index (χ4v) is 3.05. The van der Waals surface area contributed by atoms with E-state index in [1.165, 1.54) is 5.56 Å². The van der Waals surface area contributed by atoms with Crippen molar-refractivity contribution in [3.05, 3.63) is 29.8 Å². The van der Waals surface area contributed by atoms with Crippen LogP contribution in [0.4, 0.5) is 0 Å². The third kappa shape index (κ3) is 2.89. The maximum absolute atomic E-state index is 12.5. The van der Waals surface area contributed by atoms with Gasteiger partial charge in [0.1, 0.15) is 11.9 Å². The molecule has 5 nitrogen and oxygen atoms in total. The molecule has 1 amide bonds. The second-order valence-electron chi connectivity index (χ2n) is 5.86. The maximum atomic E-state index is 12.5. The fourth-order valence-electron chi connectivity index (χ4n) is 3.05. The van der Waals surface area contributed by atoms with Crippen LogP contribution in [0.1, 0.15) is 18.4 Å². The van der Waals surface area contributed by atoms with Crippen LogP contribution in [0.2, 0.25) is 0 Å². The molecule has 5 heteroatoms. The number of nitrogens with one attached hydrogen (secondary N) is 1. The van der Waals surface area contributed by atoms with Gasteiger partial charge in [-0.25, -0.2) is 0 Å². The normalized spacial score (nSPS) is 23.2. The van der Waals surface area contributed by atoms with E-state index in [2.05, 4.69) is 11.4 Å². The Bertz CT molecular complexity index is 487. The molecule has 1 unspecified atom stereocenters. The molecule has 1 aromatic rings. The Labute approximate surface area is 124 Å². The molecule has 0 aliphatic carbocycles. The molecular weight excluding hydrogens is 268 g/mol. The number of fused-ring (bicyclic) bond motifs is 1. The van der Waals surface area contributed by atoms with Crippen molar-refractivity contribution in [2.75, 3.05) is 26.3 Å². The molecule has 3 N–H and O–H groups in total. The molecule has 1 fully saturated rings. The molecule has 0 saturated carbocycles. The van der Waals surface area contributed by atoms with E-state index >= 15 is 0 Å². The summed E-state index contributed by atoms with van der Waals surface area (Å²) in [4.78, 5) is 12.5. The second-order valence-corrected chi connectivity index (χ2v) is 5.86. The predicted molar refractivity (Wildman–Crippen MR) is 79.1 cm³/mol. The highest BCUT2D eigenvalue weighted by molar-refractivity contribution is 5.83. The lowest BCUT2D eigenvalue weighted by Gasteiger charge is -2.34. The van der Waals surface area contributed by atoms with Crippen LogP contribution < -0.4 is 15.8 Å². The summed E-state index contributed by atoms with van der Waals surface area (Å²) in [6.07, 6.45) is 2.25. The van der Waals surface area contributed by atoms with Crippen LogP contribution in [0, 0.1) is 5.41 Å². The van der Waals surface area contributed by atoms with Gasteiger partial charge < -0.3 is 20.5 Å². The monoisotopic (exact) mass is 290 g/mol. The first-order valence-corrected chi connectivity index (χ1v) is 7.54. The molecule has 0 radical (unpaired) electrons. The van der Waals surface area contributed by atoms with Crippen molar-refractivity contribution in [1.29, 1.82) is 0 Å². The van der Waals surface area contributed by atoms with Crippen LogP contribution in [-0.4, -0.2) is 38.3 Å². The molecule has 0 spiro atoms. The predicted octanol–water partition coefficient (Wildman–Crippen LogP) is 0.862. The van der Waals surface area contributed by atoms with Gasteiger partial charge in [0.15, 0.2) is 0 Å². The van der Waals surface area contributed by atoms with Crippen molar-refractivity contribution < 1.29 is 14.3 Å². The van der Waals surface area contributed by atoms with Crippen LogP contribution >= 0.6 is 0 Å². The Morgan fingerprint density at radius 2 is 2.10 bits per heavy atom. The zero-order valence-corrected chi connectivity index (χ0v) is 12.1. The Kier molecular flexibility index (Phi) is 4.12. The molecule has 3 rings (SSSR count). The number of hydrogen-bond donors (Lipinski definition) is 2. The minimum Gasteiger partial charge on any atom is -0.488 e. The minimum absolute atomic E-state index is 0.0148. The summed E-state index contributed by atoms with van der Waals surface area (Å²) in [5, 5.41) is 3.02. The highest BCUT2D eigenvalue weighted by Crippen LogP contribution is 2.30. The summed E-state index contributed by atoms with van der Waals surface area (Å²) in [6, 6.07) is 8.01. The third-order valence-corrected chi connectivity index (χ3v) is 4.53. The number of carbonyl (C=O) groups is 1. The van der Waals surface area contributed by atoms with Gasteiger partial charge in [0.2, 0.25) is 5.91 Å². The quantitative estimate of drug-likeness (QED) is 0.862. The van der Waals surface area contributed by atoms with E-state index in [0.29, 0.717) is 39.1 Å². The molecule has 21 heavy (non-hydrogen) atoms. The number of carbonyl (C=O) groups excluding carboxylic acids is 1. The Hall–Kier alpha value is -1.59. The average molecular weight is 290 g/mol. The summed E-state index contributed by atoms with van der Waals surface area (Å²) >= 11 is 0. The van der Waals surface area contributed by atoms with Gasteiger partial charge in [-0.1, -0.05) is 18.2 Å². The molecule has 1 saturated heterocycles. The molecule has 1 atom stereocenters. The SMILES string of the molecule is NCC1(C(=O)NCC2Cc3ccccc3O2)CCOCC1. The molecule has 0 bridgehead atoms. The van der Waals surface area contributed by atoms with E-state index in [1.807, 2.05) is 18.2 Å². The maximum Gasteiger partial charge on any atom is 0.227 e. The lowest BCUT2D eigenvalue weighted by Crippen LogP contribution is -2.50. The standard InChI is InChI=1S/C16H22N2O3/c17-11-16(5-7-20-8-6-16)15(19)18-10-13-9-12-3-1-2-4-14(12)21-13/h1-4,13H,5-11,17H2,(H,18,19). The highest BCUT2D eigenvalue weighted by atomic mass is 16.5. The van der Waals surface area contributed by atoms with Crippen molar-refractivity contribution in [2.45, 2.75) is 25.4 Å². The van der Waals surface area contributed by atoms with Crippen LogP contribution in [0.3, 0.4) is 0 Å². The van der Waals surface area contributed by atoms with E-state index in [4.69, 9.17) is 15.2 Å². The van der Waals surface area contributed by atoms with Gasteiger partial charge in [-0.05, 0) is 24.5 Å². The lowest BCUT2D eigenvalue weighted by atomic mass is 9.79. The Balaban J connectivity index is 1.55. The molecule has 0 aromatic heterocycles. The number of nitrogens with two attached hydrogens (primary N) is 1. The number of hydrogen-bond acceptors (Lipinski definition) is 4. The van der Waals surface area contributed by atoms with E-state index < -0.39 is 5.41 Å². The van der Waals surface area contributed by atoms with Crippen LogP contribution in [0.25, 0.3) is 0 Å². The number of rotatable bonds is 4. The fraction of sp³-hybridized carbons (Fsp3) is 0.562. The van der Waals surface area contributed by atoms with Gasteiger partial charge in [0.25, 0.3) is 0 Å². The van der Waals surface area contributed by atoms with Crippen molar-refractivity contribution >= 4 is 5.91 Å². The van der Waals surface area contributed by atoms with Gasteiger partial charge in [-0.3, -0.25) is 4.79 Å². The molecule has 114 valence electrons. The minimum atomic E-state index is -0.469. The topological polar surface area (TPSA) is 73.6 Å². The van der Waals surface area contributed by atoms with Crippen LogP contribution in [-0.2, 0) is 16.0 Å². The Morgan fingerprint density at radius 3 is 2.81 bits per heavy atom. The van der Waals surface area contributed by atoms with Crippen LogP contribution in [0.15, 0.2) is 24.3 Å². The number of para-hydroxylation sites is 1. The average Bonchev–Trinajstić information content (AvgIpc) is 2.96. The summed E-state index contributed by atoms with van der Waals surface area (Å²) in [5.41, 5.74) is 6.58. The van der Waals surface area contributed by atoms with Gasteiger partial charge >= 0.3 is 0 Å². The molecule has 1 aromatic carbocycles. The molecular formula is C16H22N2O3. The number of amides is 1. The largest absolute Gasteiger partial charge is 0.488 e. The first kappa shape index (κ1) is 14.4. The van der Waals surface area contributed by atoms with E-state index in [0.717, 1.165) is 12.2 Å². The first-order valence-electron chi connectivity index (χ1n) is 7.54. The molecule has 2 aliphatic rings. The number of benzene rings is 1.